The second kappa shape index (κ2) is 7.39. The van der Waals surface area contributed by atoms with Gasteiger partial charge in [-0.3, -0.25) is 14.2 Å². The summed E-state index contributed by atoms with van der Waals surface area (Å²) in [6.07, 6.45) is 0.957. The highest BCUT2D eigenvalue weighted by Gasteiger charge is 2.18. The molecule has 2 heterocycles. The summed E-state index contributed by atoms with van der Waals surface area (Å²) in [6.45, 7) is 9.70. The van der Waals surface area contributed by atoms with Crippen molar-refractivity contribution in [2.75, 3.05) is 0 Å². The van der Waals surface area contributed by atoms with Gasteiger partial charge in [0.1, 0.15) is 12.2 Å². The van der Waals surface area contributed by atoms with Crippen LogP contribution in [-0.2, 0) is 17.8 Å². The van der Waals surface area contributed by atoms with Gasteiger partial charge >= 0.3 is 0 Å². The number of nitrogens with zero attached hydrogens (tertiary/aromatic N) is 3. The standard InChI is InChI=1S/C21H26N4O2/c1-6-16-7-9-17(10-8-16)25-21-20(15(5)23-25)14(4)11-19(27)24(21)12-18(26)22-13(2)3/h7-11,13H,6,12H2,1-5H3,(H,22,26). The van der Waals surface area contributed by atoms with Crippen molar-refractivity contribution in [2.24, 2.45) is 0 Å². The summed E-state index contributed by atoms with van der Waals surface area (Å²) in [5, 5.41) is 8.43. The van der Waals surface area contributed by atoms with Gasteiger partial charge in [-0.15, -0.1) is 0 Å². The molecule has 0 aliphatic rings. The third-order valence-electron chi connectivity index (χ3n) is 4.63. The fourth-order valence-electron chi connectivity index (χ4n) is 3.38. The number of rotatable bonds is 5. The number of hydrogen-bond acceptors (Lipinski definition) is 3. The number of pyridine rings is 1. The van der Waals surface area contributed by atoms with E-state index in [1.807, 2.05) is 39.8 Å². The maximum atomic E-state index is 12.7. The van der Waals surface area contributed by atoms with E-state index in [0.717, 1.165) is 28.8 Å². The maximum absolute atomic E-state index is 12.7. The van der Waals surface area contributed by atoms with E-state index in [1.165, 1.54) is 10.1 Å². The lowest BCUT2D eigenvalue weighted by molar-refractivity contribution is -0.122. The molecule has 0 aliphatic heterocycles. The van der Waals surface area contributed by atoms with Gasteiger partial charge < -0.3 is 5.32 Å². The lowest BCUT2D eigenvalue weighted by Gasteiger charge is -2.14. The number of aromatic nitrogens is 3. The van der Waals surface area contributed by atoms with Crippen molar-refractivity contribution >= 4 is 16.9 Å². The molecule has 2 aromatic heterocycles. The van der Waals surface area contributed by atoms with Crippen LogP contribution in [0.1, 0.15) is 37.6 Å². The number of aryl methyl sites for hydroxylation is 3. The Bertz CT molecular complexity index is 1040. The lowest BCUT2D eigenvalue weighted by Crippen LogP contribution is -2.36. The monoisotopic (exact) mass is 366 g/mol. The topological polar surface area (TPSA) is 68.9 Å². The molecule has 0 saturated heterocycles. The molecule has 1 aromatic carbocycles. The molecule has 0 atom stereocenters. The van der Waals surface area contributed by atoms with E-state index in [-0.39, 0.29) is 24.1 Å². The zero-order valence-corrected chi connectivity index (χ0v) is 16.5. The second-order valence-electron chi connectivity index (χ2n) is 7.19. The van der Waals surface area contributed by atoms with E-state index in [4.69, 9.17) is 0 Å². The van der Waals surface area contributed by atoms with Crippen LogP contribution in [0.4, 0.5) is 0 Å². The molecule has 27 heavy (non-hydrogen) atoms. The van der Waals surface area contributed by atoms with Gasteiger partial charge in [-0.25, -0.2) is 4.68 Å². The van der Waals surface area contributed by atoms with Gasteiger partial charge in [-0.1, -0.05) is 19.1 Å². The Labute approximate surface area is 158 Å². The van der Waals surface area contributed by atoms with Crippen LogP contribution in [-0.4, -0.2) is 26.3 Å². The summed E-state index contributed by atoms with van der Waals surface area (Å²) in [4.78, 5) is 25.1. The average molecular weight is 366 g/mol. The largest absolute Gasteiger partial charge is 0.352 e. The van der Waals surface area contributed by atoms with Crippen molar-refractivity contribution in [1.82, 2.24) is 19.7 Å². The quantitative estimate of drug-likeness (QED) is 0.755. The van der Waals surface area contributed by atoms with Crippen LogP contribution >= 0.6 is 0 Å². The van der Waals surface area contributed by atoms with E-state index >= 15 is 0 Å². The van der Waals surface area contributed by atoms with Crippen molar-refractivity contribution in [3.8, 4) is 5.69 Å². The highest BCUT2D eigenvalue weighted by Crippen LogP contribution is 2.24. The summed E-state index contributed by atoms with van der Waals surface area (Å²) >= 11 is 0. The highest BCUT2D eigenvalue weighted by atomic mass is 16.2. The maximum Gasteiger partial charge on any atom is 0.252 e. The number of nitrogens with one attached hydrogen (secondary N) is 1. The van der Waals surface area contributed by atoms with Gasteiger partial charge in [0.15, 0.2) is 0 Å². The van der Waals surface area contributed by atoms with Gasteiger partial charge in [0, 0.05) is 17.5 Å². The molecule has 0 bridgehead atoms. The third-order valence-corrected chi connectivity index (χ3v) is 4.63. The third kappa shape index (κ3) is 3.65. The number of carbonyl (C=O) groups excluding carboxylic acids is 1. The Balaban J connectivity index is 2.22. The SMILES string of the molecule is CCc1ccc(-n2nc(C)c3c(C)cc(=O)n(CC(=O)NC(C)C)c32)cc1. The first kappa shape index (κ1) is 18.9. The van der Waals surface area contributed by atoms with Crippen LogP contribution < -0.4 is 10.9 Å². The predicted octanol–water partition coefficient (Wildman–Crippen LogP) is 2.89. The zero-order valence-electron chi connectivity index (χ0n) is 16.5. The Morgan fingerprint density at radius 1 is 1.19 bits per heavy atom. The first-order valence-corrected chi connectivity index (χ1v) is 9.30. The van der Waals surface area contributed by atoms with Crippen molar-refractivity contribution < 1.29 is 4.79 Å². The Morgan fingerprint density at radius 3 is 2.44 bits per heavy atom. The molecule has 0 radical (unpaired) electrons. The summed E-state index contributed by atoms with van der Waals surface area (Å²) < 4.78 is 3.27. The van der Waals surface area contributed by atoms with E-state index in [1.54, 1.807) is 10.7 Å². The van der Waals surface area contributed by atoms with Crippen LogP contribution in [0.25, 0.3) is 16.7 Å². The van der Waals surface area contributed by atoms with Crippen LogP contribution in [0.3, 0.4) is 0 Å². The minimum Gasteiger partial charge on any atom is -0.352 e. The summed E-state index contributed by atoms with van der Waals surface area (Å²) in [5.74, 6) is -0.191. The molecule has 0 aliphatic carbocycles. The normalized spacial score (nSPS) is 11.3. The number of benzene rings is 1. The first-order valence-electron chi connectivity index (χ1n) is 9.30. The molecule has 0 fully saturated rings. The van der Waals surface area contributed by atoms with E-state index < -0.39 is 0 Å². The molecule has 3 rings (SSSR count). The van der Waals surface area contributed by atoms with Gasteiger partial charge in [-0.2, -0.15) is 5.10 Å². The first-order chi connectivity index (χ1) is 12.8. The zero-order chi connectivity index (χ0) is 19.7. The number of hydrogen-bond donors (Lipinski definition) is 1. The van der Waals surface area contributed by atoms with Crippen molar-refractivity contribution in [1.29, 1.82) is 0 Å². The molecular formula is C21H26N4O2. The van der Waals surface area contributed by atoms with Crippen LogP contribution in [0.2, 0.25) is 0 Å². The van der Waals surface area contributed by atoms with Crippen LogP contribution in [0.15, 0.2) is 35.1 Å². The molecule has 0 spiro atoms. The Hall–Kier alpha value is -2.89. The number of amides is 1. The van der Waals surface area contributed by atoms with Gasteiger partial charge in [0.25, 0.3) is 5.56 Å². The minimum absolute atomic E-state index is 0.0161. The van der Waals surface area contributed by atoms with Crippen molar-refractivity contribution in [3.63, 3.8) is 0 Å². The van der Waals surface area contributed by atoms with E-state index in [2.05, 4.69) is 29.5 Å². The summed E-state index contributed by atoms with van der Waals surface area (Å²) in [5.41, 5.74) is 4.25. The van der Waals surface area contributed by atoms with E-state index in [0.29, 0.717) is 5.65 Å². The Kier molecular flexibility index (Phi) is 5.17. The highest BCUT2D eigenvalue weighted by molar-refractivity contribution is 5.85. The minimum atomic E-state index is -0.203. The van der Waals surface area contributed by atoms with E-state index in [9.17, 15) is 9.59 Å². The number of fused-ring (bicyclic) bond motifs is 1. The smallest absolute Gasteiger partial charge is 0.252 e. The molecule has 6 heteroatoms. The number of carbonyl (C=O) groups is 1. The molecule has 1 N–H and O–H groups in total. The van der Waals surface area contributed by atoms with Crippen molar-refractivity contribution in [2.45, 2.75) is 53.6 Å². The van der Waals surface area contributed by atoms with Gasteiger partial charge in [-0.05, 0) is 57.4 Å². The van der Waals surface area contributed by atoms with Crippen molar-refractivity contribution in [3.05, 3.63) is 57.5 Å². The summed E-state index contributed by atoms with van der Waals surface area (Å²) in [6, 6.07) is 9.70. The molecule has 3 aromatic rings. The summed E-state index contributed by atoms with van der Waals surface area (Å²) in [7, 11) is 0. The molecule has 142 valence electrons. The predicted molar refractivity (Wildman–Crippen MR) is 107 cm³/mol. The Morgan fingerprint density at radius 2 is 1.85 bits per heavy atom. The van der Waals surface area contributed by atoms with Crippen LogP contribution in [0, 0.1) is 13.8 Å². The lowest BCUT2D eigenvalue weighted by atomic mass is 10.1. The van der Waals surface area contributed by atoms with Crippen LogP contribution in [0.5, 0.6) is 0 Å². The fourth-order valence-corrected chi connectivity index (χ4v) is 3.38. The molecular weight excluding hydrogens is 340 g/mol. The van der Waals surface area contributed by atoms with Gasteiger partial charge in [0.05, 0.1) is 11.4 Å². The molecule has 1 amide bonds. The van der Waals surface area contributed by atoms with Gasteiger partial charge in [0.2, 0.25) is 5.91 Å². The average Bonchev–Trinajstić information content (AvgIpc) is 2.95. The molecule has 6 nitrogen and oxygen atoms in total. The fraction of sp³-hybridized carbons (Fsp3) is 0.381. The molecule has 0 saturated carbocycles. The second-order valence-corrected chi connectivity index (χ2v) is 7.19. The molecule has 0 unspecified atom stereocenters.